The molecule has 2 saturated heterocycles. The molecule has 2 fully saturated rings. The van der Waals surface area contributed by atoms with Crippen LogP contribution in [0, 0.1) is 0 Å². The summed E-state index contributed by atoms with van der Waals surface area (Å²) in [5, 5.41) is 0.218. The summed E-state index contributed by atoms with van der Waals surface area (Å²) in [5.74, 6) is 0.790. The number of anilines is 2. The van der Waals surface area contributed by atoms with Crippen molar-refractivity contribution in [1.82, 2.24) is 24.7 Å². The molecule has 202 valence electrons. The molecule has 5 heterocycles. The number of hydrogen-bond donors (Lipinski definition) is 1. The van der Waals surface area contributed by atoms with Crippen LogP contribution in [0.4, 0.5) is 11.6 Å². The lowest BCUT2D eigenvalue weighted by molar-refractivity contribution is -0.128. The molecular weight excluding hydrogens is 506 g/mol. The minimum atomic E-state index is -0.327. The van der Waals surface area contributed by atoms with Crippen molar-refractivity contribution in [3.8, 4) is 17.1 Å². The van der Waals surface area contributed by atoms with E-state index in [1.165, 1.54) is 6.08 Å². The number of halogens is 1. The monoisotopic (exact) mass is 539 g/mol. The molecule has 3 aliphatic rings. The lowest BCUT2D eigenvalue weighted by Gasteiger charge is -2.40. The number of amides is 2. The van der Waals surface area contributed by atoms with Gasteiger partial charge in [-0.3, -0.25) is 9.59 Å². The lowest BCUT2D eigenvalue weighted by atomic mass is 9.99. The van der Waals surface area contributed by atoms with E-state index >= 15 is 0 Å². The summed E-state index contributed by atoms with van der Waals surface area (Å²) in [6.07, 6.45) is 2.19. The Labute approximate surface area is 228 Å². The summed E-state index contributed by atoms with van der Waals surface area (Å²) < 4.78 is 6.32. The van der Waals surface area contributed by atoms with Gasteiger partial charge in [0.25, 0.3) is 5.91 Å². The molecule has 5 rings (SSSR count). The van der Waals surface area contributed by atoms with Crippen LogP contribution in [-0.2, 0) is 4.79 Å². The minimum Gasteiger partial charge on any atom is -0.489 e. The molecule has 38 heavy (non-hydrogen) atoms. The summed E-state index contributed by atoms with van der Waals surface area (Å²) in [6, 6.07) is 5.22. The summed E-state index contributed by atoms with van der Waals surface area (Å²) in [5.41, 5.74) is 6.96. The molecule has 10 nitrogen and oxygen atoms in total. The first-order valence-electron chi connectivity index (χ1n) is 12.8. The van der Waals surface area contributed by atoms with Gasteiger partial charge in [-0.15, -0.1) is 0 Å². The lowest BCUT2D eigenvalue weighted by Crippen LogP contribution is -2.57. The Kier molecular flexibility index (Phi) is 6.73. The van der Waals surface area contributed by atoms with Crippen LogP contribution in [0.2, 0.25) is 5.02 Å². The SMILES string of the molecule is C=CC(=O)N1CCN2C(=O)c3c(N4CC(N(C)C)CC4(C)C)nc(-c4cccc(N)n4)c(Cl)c3OC[C@H]2C1. The average Bonchev–Trinajstić information content (AvgIpc) is 3.13. The maximum Gasteiger partial charge on any atom is 0.261 e. The molecule has 2 aromatic heterocycles. The van der Waals surface area contributed by atoms with Crippen molar-refractivity contribution in [1.29, 1.82) is 0 Å². The molecule has 0 spiro atoms. The highest BCUT2D eigenvalue weighted by molar-refractivity contribution is 6.35. The molecule has 2 amide bonds. The van der Waals surface area contributed by atoms with Crippen molar-refractivity contribution in [2.75, 3.05) is 57.5 Å². The van der Waals surface area contributed by atoms with Crippen LogP contribution in [0.5, 0.6) is 5.75 Å². The predicted molar refractivity (Wildman–Crippen MR) is 148 cm³/mol. The number of nitrogens with zero attached hydrogens (tertiary/aromatic N) is 6. The molecule has 0 aromatic carbocycles. The van der Waals surface area contributed by atoms with E-state index in [2.05, 4.69) is 49.3 Å². The quantitative estimate of drug-likeness (QED) is 0.591. The van der Waals surface area contributed by atoms with E-state index in [-0.39, 0.29) is 41.1 Å². The van der Waals surface area contributed by atoms with Gasteiger partial charge in [0, 0.05) is 37.8 Å². The number of piperazine rings is 1. The van der Waals surface area contributed by atoms with Crippen LogP contribution >= 0.6 is 11.6 Å². The Morgan fingerprint density at radius 2 is 2.03 bits per heavy atom. The Morgan fingerprint density at radius 3 is 2.68 bits per heavy atom. The van der Waals surface area contributed by atoms with Crippen LogP contribution in [0.1, 0.15) is 30.6 Å². The van der Waals surface area contributed by atoms with Gasteiger partial charge in [0.1, 0.15) is 34.5 Å². The molecule has 0 aliphatic carbocycles. The number of carbonyl (C=O) groups is 2. The van der Waals surface area contributed by atoms with Gasteiger partial charge in [0.15, 0.2) is 5.75 Å². The first-order valence-corrected chi connectivity index (χ1v) is 13.1. The van der Waals surface area contributed by atoms with Gasteiger partial charge in [-0.2, -0.15) is 0 Å². The standard InChI is InChI=1S/C27H34ClN7O3/c1-6-20(36)33-10-11-34-17(13-33)15-38-24-21(26(34)37)25(35-14-16(32(4)5)12-27(35,2)3)31-23(22(24)28)18-8-7-9-19(29)30-18/h6-9,16-17H,1,10-15H2,2-5H3,(H2,29,30)/t16?,17-/m1/s1. The second-order valence-electron chi connectivity index (χ2n) is 10.9. The summed E-state index contributed by atoms with van der Waals surface area (Å²) in [4.78, 5) is 43.8. The van der Waals surface area contributed by atoms with Crippen molar-refractivity contribution >= 4 is 35.1 Å². The second-order valence-corrected chi connectivity index (χ2v) is 11.3. The summed E-state index contributed by atoms with van der Waals surface area (Å²) >= 11 is 6.94. The van der Waals surface area contributed by atoms with Crippen molar-refractivity contribution < 1.29 is 14.3 Å². The topological polar surface area (TPSA) is 108 Å². The first kappa shape index (κ1) is 26.2. The summed E-state index contributed by atoms with van der Waals surface area (Å²) in [6.45, 7) is 9.93. The van der Waals surface area contributed by atoms with Gasteiger partial charge in [-0.05, 0) is 52.6 Å². The number of fused-ring (bicyclic) bond motifs is 2. The van der Waals surface area contributed by atoms with Crippen molar-refractivity contribution in [2.24, 2.45) is 0 Å². The van der Waals surface area contributed by atoms with E-state index in [4.69, 9.17) is 27.1 Å². The molecule has 2 aromatic rings. The van der Waals surface area contributed by atoms with E-state index < -0.39 is 0 Å². The van der Waals surface area contributed by atoms with Crippen LogP contribution in [0.15, 0.2) is 30.9 Å². The van der Waals surface area contributed by atoms with Gasteiger partial charge in [-0.25, -0.2) is 9.97 Å². The largest absolute Gasteiger partial charge is 0.489 e. The third-order valence-corrected chi connectivity index (χ3v) is 8.15. The van der Waals surface area contributed by atoms with Crippen LogP contribution in [-0.4, -0.2) is 101 Å². The number of hydrogen-bond acceptors (Lipinski definition) is 8. The number of carbonyl (C=O) groups excluding carboxylic acids is 2. The molecule has 0 radical (unpaired) electrons. The second kappa shape index (κ2) is 9.74. The van der Waals surface area contributed by atoms with Gasteiger partial charge in [0.05, 0.1) is 11.7 Å². The van der Waals surface area contributed by atoms with Crippen molar-refractivity contribution in [3.05, 3.63) is 41.4 Å². The number of pyridine rings is 2. The van der Waals surface area contributed by atoms with E-state index in [0.29, 0.717) is 60.5 Å². The fourth-order valence-electron chi connectivity index (χ4n) is 5.65. The van der Waals surface area contributed by atoms with E-state index in [0.717, 1.165) is 6.42 Å². The molecule has 2 atom stereocenters. The zero-order chi connectivity index (χ0) is 27.4. The Bertz CT molecular complexity index is 1300. The Morgan fingerprint density at radius 1 is 1.26 bits per heavy atom. The highest BCUT2D eigenvalue weighted by atomic mass is 35.5. The number of aromatic nitrogens is 2. The first-order chi connectivity index (χ1) is 18.0. The molecule has 3 aliphatic heterocycles. The fraction of sp³-hybridized carbons (Fsp3) is 0.481. The van der Waals surface area contributed by atoms with E-state index in [1.807, 2.05) is 0 Å². The van der Waals surface area contributed by atoms with Crippen LogP contribution < -0.4 is 15.4 Å². The third-order valence-electron chi connectivity index (χ3n) is 7.80. The fourth-order valence-corrected chi connectivity index (χ4v) is 5.94. The maximum absolute atomic E-state index is 14.2. The van der Waals surface area contributed by atoms with E-state index in [9.17, 15) is 9.59 Å². The zero-order valence-corrected chi connectivity index (χ0v) is 23.0. The molecular formula is C27H34ClN7O3. The number of nitrogens with two attached hydrogens (primary N) is 1. The molecule has 11 heteroatoms. The maximum atomic E-state index is 14.2. The number of likely N-dealkylation sites (N-methyl/N-ethyl adjacent to an activating group) is 1. The molecule has 1 unspecified atom stereocenters. The van der Waals surface area contributed by atoms with E-state index in [1.54, 1.807) is 28.0 Å². The number of nitrogen functional groups attached to an aromatic ring is 1. The smallest absolute Gasteiger partial charge is 0.261 e. The Balaban J connectivity index is 1.66. The molecule has 2 N–H and O–H groups in total. The van der Waals surface area contributed by atoms with Gasteiger partial charge in [0.2, 0.25) is 5.91 Å². The minimum absolute atomic E-state index is 0.164. The number of ether oxygens (including phenoxy) is 1. The highest BCUT2D eigenvalue weighted by Crippen LogP contribution is 2.46. The summed E-state index contributed by atoms with van der Waals surface area (Å²) in [7, 11) is 4.12. The predicted octanol–water partition coefficient (Wildman–Crippen LogP) is 2.53. The van der Waals surface area contributed by atoms with Crippen molar-refractivity contribution in [2.45, 2.75) is 37.9 Å². The zero-order valence-electron chi connectivity index (χ0n) is 22.3. The number of rotatable bonds is 4. The average molecular weight is 540 g/mol. The molecule has 0 bridgehead atoms. The highest BCUT2D eigenvalue weighted by Gasteiger charge is 2.45. The van der Waals surface area contributed by atoms with Gasteiger partial charge >= 0.3 is 0 Å². The van der Waals surface area contributed by atoms with Crippen molar-refractivity contribution in [3.63, 3.8) is 0 Å². The Hall–Kier alpha value is -3.37. The molecule has 0 saturated carbocycles. The van der Waals surface area contributed by atoms with Crippen LogP contribution in [0.25, 0.3) is 11.4 Å². The third kappa shape index (κ3) is 4.45. The van der Waals surface area contributed by atoms with Gasteiger partial charge < -0.3 is 30.1 Å². The van der Waals surface area contributed by atoms with Gasteiger partial charge in [-0.1, -0.05) is 24.2 Å². The van der Waals surface area contributed by atoms with Crippen LogP contribution in [0.3, 0.4) is 0 Å². The normalized spacial score (nSPS) is 22.6.